The summed E-state index contributed by atoms with van der Waals surface area (Å²) in [5.74, 6) is 0. The van der Waals surface area contributed by atoms with Gasteiger partial charge in [-0.2, -0.15) is 0 Å². The van der Waals surface area contributed by atoms with E-state index < -0.39 is 0 Å². The van der Waals surface area contributed by atoms with Crippen LogP contribution in [0.25, 0.3) is 11.4 Å². The maximum Gasteiger partial charge on any atom is 0.0932 e. The molecule has 0 heterocycles. The van der Waals surface area contributed by atoms with E-state index in [-0.39, 0.29) is 1.43 Å². The van der Waals surface area contributed by atoms with Gasteiger partial charge in [-0.15, -0.1) is 0 Å². The zero-order valence-corrected chi connectivity index (χ0v) is 13.9. The summed E-state index contributed by atoms with van der Waals surface area (Å²) in [5.41, 5.74) is 18.2. The molecule has 4 N–H and O–H groups in total. The van der Waals surface area contributed by atoms with Crippen LogP contribution in [0, 0.1) is 13.8 Å². The van der Waals surface area contributed by atoms with Gasteiger partial charge in [-0.25, -0.2) is 0 Å². The summed E-state index contributed by atoms with van der Waals surface area (Å²) >= 11 is 0. The summed E-state index contributed by atoms with van der Waals surface area (Å²) in [6, 6.07) is 13.6. The first-order chi connectivity index (χ1) is 10.5. The summed E-state index contributed by atoms with van der Waals surface area (Å²) in [6.07, 6.45) is 0. The average molecular weight is 297 g/mol. The Kier molecular flexibility index (Phi) is 6.39. The van der Waals surface area contributed by atoms with Crippen LogP contribution in [0.2, 0.25) is 0 Å². The van der Waals surface area contributed by atoms with Crippen molar-refractivity contribution in [3.8, 4) is 0 Å². The number of anilines is 1. The Hall–Kier alpha value is -2.55. The molecular weight excluding hydrogens is 270 g/mol. The number of aryl methyl sites for hydroxylation is 2. The third kappa shape index (κ3) is 3.98. The SMILES string of the molecule is C=N/C(=C(\N)c1ccc(N)cc1)c1ccc(C)cc1C.CC.[HH]. The first-order valence-electron chi connectivity index (χ1n) is 7.43. The maximum atomic E-state index is 6.24. The molecule has 0 amide bonds. The second-order valence-corrected chi connectivity index (χ2v) is 4.86. The number of nitrogens with two attached hydrogens (primary N) is 2. The molecule has 2 aromatic rings. The van der Waals surface area contributed by atoms with E-state index >= 15 is 0 Å². The molecule has 0 aliphatic heterocycles. The van der Waals surface area contributed by atoms with Gasteiger partial charge in [0.1, 0.15) is 0 Å². The summed E-state index contributed by atoms with van der Waals surface area (Å²) in [4.78, 5) is 4.12. The van der Waals surface area contributed by atoms with Gasteiger partial charge in [0.05, 0.1) is 11.4 Å². The standard InChI is InChI=1S/C17H19N3.C2H6.H2/c1-11-4-9-15(12(2)10-11)17(20-3)16(19)13-5-7-14(18)8-6-13;1-2;/h4-10H,3,18-19H2,1-2H3;1-2H3;1H/b17-16-;;. The van der Waals surface area contributed by atoms with Gasteiger partial charge in [-0.1, -0.05) is 49.7 Å². The van der Waals surface area contributed by atoms with Gasteiger partial charge in [0.15, 0.2) is 0 Å². The van der Waals surface area contributed by atoms with Crippen molar-refractivity contribution < 1.29 is 1.43 Å². The number of hydrogen-bond acceptors (Lipinski definition) is 3. The van der Waals surface area contributed by atoms with Crippen molar-refractivity contribution in [2.75, 3.05) is 5.73 Å². The van der Waals surface area contributed by atoms with Crippen LogP contribution in [0.4, 0.5) is 5.69 Å². The lowest BCUT2D eigenvalue weighted by Gasteiger charge is -2.11. The van der Waals surface area contributed by atoms with Gasteiger partial charge in [-0.05, 0) is 43.8 Å². The quantitative estimate of drug-likeness (QED) is 0.492. The van der Waals surface area contributed by atoms with Crippen molar-refractivity contribution in [1.82, 2.24) is 0 Å². The minimum Gasteiger partial charge on any atom is -0.399 e. The Balaban J connectivity index is 0.00000155. The predicted molar refractivity (Wildman–Crippen MR) is 101 cm³/mol. The van der Waals surface area contributed by atoms with Crippen molar-refractivity contribution in [2.24, 2.45) is 10.7 Å². The molecule has 22 heavy (non-hydrogen) atoms. The molecule has 0 aliphatic rings. The molecule has 2 aromatic carbocycles. The summed E-state index contributed by atoms with van der Waals surface area (Å²) in [6.45, 7) is 11.8. The molecule has 0 aromatic heterocycles. The minimum atomic E-state index is 0. The first-order valence-corrected chi connectivity index (χ1v) is 7.43. The second kappa shape index (κ2) is 8.03. The van der Waals surface area contributed by atoms with E-state index in [1.165, 1.54) is 5.56 Å². The Bertz CT molecular complexity index is 674. The lowest BCUT2D eigenvalue weighted by Crippen LogP contribution is -2.02. The predicted octanol–water partition coefficient (Wildman–Crippen LogP) is 4.64. The molecule has 3 heteroatoms. The molecule has 0 radical (unpaired) electrons. The normalized spacial score (nSPS) is 11.1. The number of benzene rings is 2. The third-order valence-corrected chi connectivity index (χ3v) is 3.27. The van der Waals surface area contributed by atoms with Crippen LogP contribution in [0.5, 0.6) is 0 Å². The fraction of sp³-hybridized carbons (Fsp3) is 0.211. The van der Waals surface area contributed by atoms with Crippen LogP contribution in [0.15, 0.2) is 47.5 Å². The van der Waals surface area contributed by atoms with Gasteiger partial charge in [-0.3, -0.25) is 4.99 Å². The van der Waals surface area contributed by atoms with Gasteiger partial charge in [0.2, 0.25) is 0 Å². The summed E-state index contributed by atoms with van der Waals surface area (Å²) in [5, 5.41) is 0. The van der Waals surface area contributed by atoms with E-state index in [2.05, 4.69) is 24.7 Å². The molecular formula is C19H27N3. The van der Waals surface area contributed by atoms with Crippen LogP contribution in [0.3, 0.4) is 0 Å². The number of hydrogen-bond donors (Lipinski definition) is 2. The minimum absolute atomic E-state index is 0. The summed E-state index contributed by atoms with van der Waals surface area (Å²) in [7, 11) is 0. The van der Waals surface area contributed by atoms with E-state index in [0.29, 0.717) is 17.1 Å². The number of aliphatic imine (C=N–C) groups is 1. The van der Waals surface area contributed by atoms with Crippen molar-refractivity contribution >= 4 is 23.8 Å². The number of nitrogens with zero attached hydrogens (tertiary/aromatic N) is 1. The van der Waals surface area contributed by atoms with Crippen LogP contribution in [-0.2, 0) is 0 Å². The molecule has 0 atom stereocenters. The molecule has 0 unspecified atom stereocenters. The Morgan fingerprint density at radius 1 is 1.05 bits per heavy atom. The molecule has 0 bridgehead atoms. The average Bonchev–Trinajstić information content (AvgIpc) is 2.52. The second-order valence-electron chi connectivity index (χ2n) is 4.86. The zero-order chi connectivity index (χ0) is 16.7. The van der Waals surface area contributed by atoms with Crippen molar-refractivity contribution in [3.05, 3.63) is 64.7 Å². The molecule has 0 aliphatic carbocycles. The monoisotopic (exact) mass is 297 g/mol. The van der Waals surface area contributed by atoms with Crippen molar-refractivity contribution in [3.63, 3.8) is 0 Å². The molecule has 0 saturated heterocycles. The molecule has 3 nitrogen and oxygen atoms in total. The number of rotatable bonds is 3. The maximum absolute atomic E-state index is 6.24. The van der Waals surface area contributed by atoms with Gasteiger partial charge < -0.3 is 11.5 Å². The highest BCUT2D eigenvalue weighted by atomic mass is 14.8. The van der Waals surface area contributed by atoms with E-state index in [9.17, 15) is 0 Å². The Morgan fingerprint density at radius 3 is 2.14 bits per heavy atom. The highest BCUT2D eigenvalue weighted by Gasteiger charge is 2.10. The lowest BCUT2D eigenvalue weighted by atomic mass is 10.00. The Morgan fingerprint density at radius 2 is 1.64 bits per heavy atom. The fourth-order valence-electron chi connectivity index (χ4n) is 2.19. The van der Waals surface area contributed by atoms with Crippen LogP contribution in [0.1, 0.15) is 37.5 Å². The van der Waals surface area contributed by atoms with Crippen molar-refractivity contribution in [2.45, 2.75) is 27.7 Å². The van der Waals surface area contributed by atoms with E-state index in [0.717, 1.165) is 16.7 Å². The summed E-state index contributed by atoms with van der Waals surface area (Å²) < 4.78 is 0. The van der Waals surface area contributed by atoms with Gasteiger partial charge in [0.25, 0.3) is 0 Å². The van der Waals surface area contributed by atoms with E-state index in [1.54, 1.807) is 0 Å². The van der Waals surface area contributed by atoms with Crippen LogP contribution < -0.4 is 11.5 Å². The molecule has 2 rings (SSSR count). The van der Waals surface area contributed by atoms with E-state index in [1.807, 2.05) is 57.2 Å². The van der Waals surface area contributed by atoms with Crippen LogP contribution in [-0.4, -0.2) is 6.72 Å². The van der Waals surface area contributed by atoms with E-state index in [4.69, 9.17) is 11.5 Å². The third-order valence-electron chi connectivity index (χ3n) is 3.27. The smallest absolute Gasteiger partial charge is 0.0932 e. The van der Waals surface area contributed by atoms with Crippen molar-refractivity contribution in [1.29, 1.82) is 0 Å². The zero-order valence-electron chi connectivity index (χ0n) is 13.9. The molecule has 0 fully saturated rings. The largest absolute Gasteiger partial charge is 0.399 e. The highest BCUT2D eigenvalue weighted by molar-refractivity contribution is 5.91. The Labute approximate surface area is 134 Å². The molecule has 118 valence electrons. The fourth-order valence-corrected chi connectivity index (χ4v) is 2.19. The lowest BCUT2D eigenvalue weighted by molar-refractivity contribution is 1.33. The highest BCUT2D eigenvalue weighted by Crippen LogP contribution is 2.27. The van der Waals surface area contributed by atoms with Gasteiger partial charge in [0, 0.05) is 12.7 Å². The molecule has 0 saturated carbocycles. The number of nitrogen functional groups attached to an aromatic ring is 1. The molecule has 0 spiro atoms. The van der Waals surface area contributed by atoms with Crippen LogP contribution >= 0.6 is 0 Å². The van der Waals surface area contributed by atoms with Gasteiger partial charge >= 0.3 is 0 Å². The topological polar surface area (TPSA) is 64.4 Å². The first kappa shape index (κ1) is 17.5.